The van der Waals surface area contributed by atoms with E-state index in [9.17, 15) is 19.5 Å². The first-order chi connectivity index (χ1) is 25.0. The molecule has 52 heavy (non-hydrogen) atoms. The maximum Gasteiger partial charge on any atom is 0.306 e. The fraction of sp³-hybridized carbons (Fsp3) is 0.475. The summed E-state index contributed by atoms with van der Waals surface area (Å²) >= 11 is 12.9. The van der Waals surface area contributed by atoms with Crippen molar-refractivity contribution >= 4 is 41.0 Å². The Bertz CT molecular complexity index is 1750. The van der Waals surface area contributed by atoms with Gasteiger partial charge < -0.3 is 34.0 Å². The van der Waals surface area contributed by atoms with Crippen molar-refractivity contribution < 1.29 is 33.7 Å². The summed E-state index contributed by atoms with van der Waals surface area (Å²) in [5.74, 6) is 0.0530. The number of rotatable bonds is 11. The number of methoxy groups -OCH3 is 3. The molecule has 0 bridgehead atoms. The number of likely N-dealkylation sites (tertiary alicyclic amines) is 3. The second-order valence-electron chi connectivity index (χ2n) is 14.2. The molecule has 0 saturated carbocycles. The van der Waals surface area contributed by atoms with Crippen LogP contribution in [0.3, 0.4) is 0 Å². The van der Waals surface area contributed by atoms with Crippen molar-refractivity contribution in [2.45, 2.75) is 49.4 Å². The van der Waals surface area contributed by atoms with Crippen molar-refractivity contribution in [1.29, 1.82) is 0 Å². The van der Waals surface area contributed by atoms with Gasteiger partial charge in [0.05, 0.1) is 42.7 Å². The van der Waals surface area contributed by atoms with Gasteiger partial charge in [-0.1, -0.05) is 59.6 Å². The summed E-state index contributed by atoms with van der Waals surface area (Å²) < 4.78 is 16.5. The third kappa shape index (κ3) is 7.43. The number of aliphatic carboxylic acids is 1. The number of carbonyl (C=O) groups is 3. The fourth-order valence-corrected chi connectivity index (χ4v) is 8.69. The Morgan fingerprint density at radius 3 is 2.00 bits per heavy atom. The topological polar surface area (TPSA) is 109 Å². The van der Waals surface area contributed by atoms with E-state index in [0.29, 0.717) is 84.7 Å². The second kappa shape index (κ2) is 15.9. The van der Waals surface area contributed by atoms with Gasteiger partial charge in [-0.2, -0.15) is 0 Å². The minimum Gasteiger partial charge on any atom is -0.493 e. The van der Waals surface area contributed by atoms with Gasteiger partial charge in [0.1, 0.15) is 0 Å². The number of amides is 2. The molecule has 0 aromatic heterocycles. The summed E-state index contributed by atoms with van der Waals surface area (Å²) in [7, 11) is 4.59. The number of piperidine rings is 2. The molecule has 0 aliphatic carbocycles. The molecule has 3 heterocycles. The summed E-state index contributed by atoms with van der Waals surface area (Å²) in [6, 6.07) is 19.2. The standard InChI is InChI=1S/C40H47Cl2N3O7/c1-50-33-23-28(24-34(51-2)35(33)52-3)36(46)45-22-14-39(26-45,30-9-10-31(41)32(42)25-30)13-19-43-20-15-40(16-21-43,29-7-5-4-6-8-29)38(49)44-17-11-27(12-18-44)37(47)48/h4-10,23-25,27H,11-22,26H2,1-3H3,(H,47,48)/t39-/m0/s1. The zero-order valence-corrected chi connectivity index (χ0v) is 31.5. The third-order valence-electron chi connectivity index (χ3n) is 11.6. The van der Waals surface area contributed by atoms with Gasteiger partial charge in [0.15, 0.2) is 11.5 Å². The molecule has 3 fully saturated rings. The van der Waals surface area contributed by atoms with Crippen molar-refractivity contribution in [2.75, 3.05) is 67.1 Å². The summed E-state index contributed by atoms with van der Waals surface area (Å²) in [6.45, 7) is 4.22. The molecule has 0 radical (unpaired) electrons. The van der Waals surface area contributed by atoms with Crippen molar-refractivity contribution in [1.82, 2.24) is 14.7 Å². The van der Waals surface area contributed by atoms with Gasteiger partial charge in [-0.3, -0.25) is 14.4 Å². The minimum absolute atomic E-state index is 0.103. The van der Waals surface area contributed by atoms with E-state index < -0.39 is 17.3 Å². The number of carbonyl (C=O) groups excluding carboxylic acids is 2. The molecule has 12 heteroatoms. The van der Waals surface area contributed by atoms with Crippen LogP contribution in [0.15, 0.2) is 60.7 Å². The Hall–Kier alpha value is -3.99. The molecule has 3 aliphatic rings. The highest BCUT2D eigenvalue weighted by atomic mass is 35.5. The molecule has 1 atom stereocenters. The molecular weight excluding hydrogens is 705 g/mol. The van der Waals surface area contributed by atoms with Gasteiger partial charge in [-0.05, 0) is 93.6 Å². The van der Waals surface area contributed by atoms with Gasteiger partial charge in [-0.25, -0.2) is 0 Å². The molecule has 3 aromatic carbocycles. The Labute approximate surface area is 315 Å². The highest BCUT2D eigenvalue weighted by Crippen LogP contribution is 2.44. The van der Waals surface area contributed by atoms with Gasteiger partial charge >= 0.3 is 5.97 Å². The molecule has 3 saturated heterocycles. The number of hydrogen-bond donors (Lipinski definition) is 1. The SMILES string of the molecule is COc1cc(C(=O)N2CC[C@](CCN3CCC(C(=O)N4CCC(C(=O)O)CC4)(c4ccccc4)CC3)(c3ccc(Cl)c(Cl)c3)C2)cc(OC)c1OC. The summed E-state index contributed by atoms with van der Waals surface area (Å²) in [4.78, 5) is 46.1. The van der Waals surface area contributed by atoms with E-state index in [0.717, 1.165) is 43.6 Å². The van der Waals surface area contributed by atoms with Crippen LogP contribution in [0.5, 0.6) is 17.2 Å². The number of carboxylic acids is 1. The quantitative estimate of drug-likeness (QED) is 0.235. The molecule has 3 aromatic rings. The molecule has 3 aliphatic heterocycles. The predicted molar refractivity (Wildman–Crippen MR) is 200 cm³/mol. The first kappa shape index (κ1) is 37.8. The van der Waals surface area contributed by atoms with Crippen LogP contribution in [0.1, 0.15) is 60.0 Å². The summed E-state index contributed by atoms with van der Waals surface area (Å²) in [5, 5.41) is 10.5. The average molecular weight is 753 g/mol. The number of hydrogen-bond acceptors (Lipinski definition) is 7. The smallest absolute Gasteiger partial charge is 0.306 e. The Morgan fingerprint density at radius 1 is 0.769 bits per heavy atom. The first-order valence-electron chi connectivity index (χ1n) is 17.9. The van der Waals surface area contributed by atoms with Crippen LogP contribution < -0.4 is 14.2 Å². The molecule has 278 valence electrons. The van der Waals surface area contributed by atoms with Gasteiger partial charge in [0.2, 0.25) is 11.7 Å². The average Bonchev–Trinajstić information content (AvgIpc) is 3.63. The normalized spacial score (nSPS) is 20.8. The van der Waals surface area contributed by atoms with Crippen molar-refractivity contribution in [3.63, 3.8) is 0 Å². The zero-order chi connectivity index (χ0) is 37.0. The highest BCUT2D eigenvalue weighted by Gasteiger charge is 2.47. The molecular formula is C40H47Cl2N3O7. The number of ether oxygens (including phenoxy) is 3. The molecule has 0 unspecified atom stereocenters. The van der Waals surface area contributed by atoms with E-state index in [1.807, 2.05) is 46.2 Å². The van der Waals surface area contributed by atoms with Crippen LogP contribution in [-0.4, -0.2) is 105 Å². The Kier molecular flexibility index (Phi) is 11.6. The molecule has 1 N–H and O–H groups in total. The largest absolute Gasteiger partial charge is 0.493 e. The van der Waals surface area contributed by atoms with E-state index in [1.165, 1.54) is 21.3 Å². The number of carboxylic acid groups (broad SMARTS) is 1. The van der Waals surface area contributed by atoms with E-state index in [4.69, 9.17) is 37.4 Å². The molecule has 6 rings (SSSR count). The third-order valence-corrected chi connectivity index (χ3v) is 12.3. The summed E-state index contributed by atoms with van der Waals surface area (Å²) in [6.07, 6.45) is 3.81. The predicted octanol–water partition coefficient (Wildman–Crippen LogP) is 6.55. The van der Waals surface area contributed by atoms with E-state index in [1.54, 1.807) is 12.1 Å². The Morgan fingerprint density at radius 2 is 1.42 bits per heavy atom. The monoisotopic (exact) mass is 751 g/mol. The van der Waals surface area contributed by atoms with Crippen LogP contribution >= 0.6 is 23.2 Å². The van der Waals surface area contributed by atoms with Gasteiger partial charge in [-0.15, -0.1) is 0 Å². The van der Waals surface area contributed by atoms with Crippen LogP contribution in [0, 0.1) is 5.92 Å². The number of benzene rings is 3. The lowest BCUT2D eigenvalue weighted by molar-refractivity contribution is -0.148. The van der Waals surface area contributed by atoms with Gasteiger partial charge in [0.25, 0.3) is 5.91 Å². The molecule has 0 spiro atoms. The van der Waals surface area contributed by atoms with E-state index in [2.05, 4.69) is 17.0 Å². The lowest BCUT2D eigenvalue weighted by atomic mass is 9.71. The van der Waals surface area contributed by atoms with Crippen LogP contribution in [0.4, 0.5) is 0 Å². The highest BCUT2D eigenvalue weighted by molar-refractivity contribution is 6.42. The van der Waals surface area contributed by atoms with Crippen molar-refractivity contribution in [2.24, 2.45) is 5.92 Å². The van der Waals surface area contributed by atoms with Crippen LogP contribution in [0.2, 0.25) is 10.0 Å². The zero-order valence-electron chi connectivity index (χ0n) is 30.0. The van der Waals surface area contributed by atoms with E-state index in [-0.39, 0.29) is 17.2 Å². The summed E-state index contributed by atoms with van der Waals surface area (Å²) in [5.41, 5.74) is 1.47. The van der Waals surface area contributed by atoms with Crippen molar-refractivity contribution in [3.05, 3.63) is 87.4 Å². The number of halogens is 2. The Balaban J connectivity index is 1.20. The maximum atomic E-state index is 14.3. The fourth-order valence-electron chi connectivity index (χ4n) is 8.39. The van der Waals surface area contributed by atoms with Crippen molar-refractivity contribution in [3.8, 4) is 17.2 Å². The molecule has 2 amide bonds. The second-order valence-corrected chi connectivity index (χ2v) is 15.1. The molecule has 10 nitrogen and oxygen atoms in total. The van der Waals surface area contributed by atoms with Crippen LogP contribution in [0.25, 0.3) is 0 Å². The minimum atomic E-state index is -0.784. The lowest BCUT2D eigenvalue weighted by Crippen LogP contribution is -2.55. The first-order valence-corrected chi connectivity index (χ1v) is 18.6. The number of nitrogens with zero attached hydrogens (tertiary/aromatic N) is 3. The van der Waals surface area contributed by atoms with E-state index >= 15 is 0 Å². The lowest BCUT2D eigenvalue weighted by Gasteiger charge is -2.45. The van der Waals surface area contributed by atoms with Gasteiger partial charge in [0, 0.05) is 37.2 Å². The maximum absolute atomic E-state index is 14.3. The van der Waals surface area contributed by atoms with Crippen LogP contribution in [-0.2, 0) is 20.4 Å².